The first-order valence-corrected chi connectivity index (χ1v) is 7.58. The van der Waals surface area contributed by atoms with Gasteiger partial charge in [0.15, 0.2) is 0 Å². The lowest BCUT2D eigenvalue weighted by molar-refractivity contribution is 0.335. The van der Waals surface area contributed by atoms with E-state index in [0.29, 0.717) is 12.0 Å². The molecule has 1 aromatic carbocycles. The molecule has 3 nitrogen and oxygen atoms in total. The van der Waals surface area contributed by atoms with Gasteiger partial charge in [-0.1, -0.05) is 24.6 Å². The van der Waals surface area contributed by atoms with Gasteiger partial charge in [0.05, 0.1) is 5.52 Å². The minimum absolute atomic E-state index is 0.395. The number of pyridine rings is 1. The first-order valence-electron chi connectivity index (χ1n) is 7.58. The number of rotatable bonds is 3. The molecule has 2 aromatic rings. The Balaban J connectivity index is 1.77. The van der Waals surface area contributed by atoms with Crippen LogP contribution in [0.2, 0.25) is 0 Å². The van der Waals surface area contributed by atoms with Crippen LogP contribution in [0.3, 0.4) is 0 Å². The van der Waals surface area contributed by atoms with Crippen molar-refractivity contribution in [1.29, 1.82) is 0 Å². The van der Waals surface area contributed by atoms with Gasteiger partial charge in [0, 0.05) is 29.4 Å². The lowest BCUT2D eigenvalue weighted by atomic mass is 9.86. The highest BCUT2D eigenvalue weighted by Crippen LogP contribution is 2.26. The zero-order chi connectivity index (χ0) is 13.9. The van der Waals surface area contributed by atoms with Crippen molar-refractivity contribution < 1.29 is 0 Å². The van der Waals surface area contributed by atoms with Crippen LogP contribution in [0.4, 0.5) is 5.69 Å². The zero-order valence-corrected chi connectivity index (χ0v) is 12.1. The number of para-hydroxylation sites is 1. The van der Waals surface area contributed by atoms with Gasteiger partial charge in [-0.2, -0.15) is 0 Å². The quantitative estimate of drug-likeness (QED) is 0.897. The largest absolute Gasteiger partial charge is 0.384 e. The number of nitrogens with zero attached hydrogens (tertiary/aromatic N) is 1. The molecule has 2 unspecified atom stereocenters. The molecule has 1 aliphatic carbocycles. The molecule has 20 heavy (non-hydrogen) atoms. The maximum absolute atomic E-state index is 6.07. The molecule has 3 rings (SSSR count). The Kier molecular flexibility index (Phi) is 3.88. The number of hydrogen-bond donors (Lipinski definition) is 2. The van der Waals surface area contributed by atoms with Gasteiger partial charge in [-0.05, 0) is 44.2 Å². The number of aryl methyl sites for hydroxylation is 1. The van der Waals surface area contributed by atoms with Crippen LogP contribution in [-0.4, -0.2) is 17.6 Å². The van der Waals surface area contributed by atoms with Crippen LogP contribution in [0.15, 0.2) is 30.3 Å². The molecule has 1 fully saturated rings. The van der Waals surface area contributed by atoms with E-state index in [1.165, 1.54) is 30.3 Å². The van der Waals surface area contributed by atoms with E-state index < -0.39 is 0 Å². The lowest BCUT2D eigenvalue weighted by Crippen LogP contribution is -2.31. The minimum atomic E-state index is 0.395. The van der Waals surface area contributed by atoms with Crippen LogP contribution < -0.4 is 11.1 Å². The number of aromatic nitrogens is 1. The minimum Gasteiger partial charge on any atom is -0.384 e. The molecule has 1 aliphatic rings. The standard InChI is InChI=1S/C17H23N3/c1-12-9-17(15-7-2-3-8-16(15)20-12)19-11-13-5-4-6-14(18)10-13/h2-3,7-9,13-14H,4-6,10-11,18H2,1H3,(H,19,20). The predicted molar refractivity (Wildman–Crippen MR) is 84.9 cm³/mol. The topological polar surface area (TPSA) is 50.9 Å². The van der Waals surface area contributed by atoms with E-state index in [2.05, 4.69) is 34.6 Å². The van der Waals surface area contributed by atoms with E-state index in [1.54, 1.807) is 0 Å². The summed E-state index contributed by atoms with van der Waals surface area (Å²) in [4.78, 5) is 4.58. The zero-order valence-electron chi connectivity index (χ0n) is 12.1. The summed E-state index contributed by atoms with van der Waals surface area (Å²) in [6.45, 7) is 3.06. The van der Waals surface area contributed by atoms with Crippen LogP contribution >= 0.6 is 0 Å². The van der Waals surface area contributed by atoms with Crippen LogP contribution in [0, 0.1) is 12.8 Å². The molecule has 106 valence electrons. The molecule has 0 radical (unpaired) electrons. The molecule has 1 aromatic heterocycles. The summed E-state index contributed by atoms with van der Waals surface area (Å²) in [6, 6.07) is 10.9. The van der Waals surface area contributed by atoms with Crippen molar-refractivity contribution in [2.75, 3.05) is 11.9 Å². The lowest BCUT2D eigenvalue weighted by Gasteiger charge is -2.27. The Labute approximate surface area is 120 Å². The molecule has 0 spiro atoms. The van der Waals surface area contributed by atoms with Crippen LogP contribution in [0.25, 0.3) is 10.9 Å². The molecule has 2 atom stereocenters. The molecular weight excluding hydrogens is 246 g/mol. The maximum Gasteiger partial charge on any atom is 0.0725 e. The number of hydrogen-bond acceptors (Lipinski definition) is 3. The number of nitrogens with two attached hydrogens (primary N) is 1. The van der Waals surface area contributed by atoms with E-state index in [1.807, 2.05) is 13.0 Å². The van der Waals surface area contributed by atoms with Crippen molar-refractivity contribution in [3.63, 3.8) is 0 Å². The van der Waals surface area contributed by atoms with Gasteiger partial charge in [-0.15, -0.1) is 0 Å². The highest BCUT2D eigenvalue weighted by Gasteiger charge is 2.19. The average molecular weight is 269 g/mol. The smallest absolute Gasteiger partial charge is 0.0725 e. The molecule has 0 aliphatic heterocycles. The van der Waals surface area contributed by atoms with Crippen LogP contribution in [-0.2, 0) is 0 Å². The Morgan fingerprint density at radius 1 is 1.30 bits per heavy atom. The monoisotopic (exact) mass is 269 g/mol. The SMILES string of the molecule is Cc1cc(NCC2CCCC(N)C2)c2ccccc2n1. The second-order valence-electron chi connectivity index (χ2n) is 6.00. The summed E-state index contributed by atoms with van der Waals surface area (Å²) < 4.78 is 0. The Morgan fingerprint density at radius 2 is 2.15 bits per heavy atom. The highest BCUT2D eigenvalue weighted by molar-refractivity contribution is 5.91. The first kappa shape index (κ1) is 13.4. The molecule has 1 heterocycles. The number of fused-ring (bicyclic) bond motifs is 1. The predicted octanol–water partition coefficient (Wildman–Crippen LogP) is 3.47. The van der Waals surface area contributed by atoms with Crippen molar-refractivity contribution in [3.05, 3.63) is 36.0 Å². The maximum atomic E-state index is 6.07. The molecule has 3 N–H and O–H groups in total. The Hall–Kier alpha value is -1.61. The van der Waals surface area contributed by atoms with Gasteiger partial charge in [-0.3, -0.25) is 4.98 Å². The second kappa shape index (κ2) is 5.80. The number of nitrogens with one attached hydrogen (secondary N) is 1. The normalized spacial score (nSPS) is 22.9. The summed E-state index contributed by atoms with van der Waals surface area (Å²) in [6.07, 6.45) is 4.90. The summed E-state index contributed by atoms with van der Waals surface area (Å²) >= 11 is 0. The fraction of sp³-hybridized carbons (Fsp3) is 0.471. The van der Waals surface area contributed by atoms with E-state index >= 15 is 0 Å². The fourth-order valence-corrected chi connectivity index (χ4v) is 3.23. The van der Waals surface area contributed by atoms with Gasteiger partial charge in [0.2, 0.25) is 0 Å². The van der Waals surface area contributed by atoms with Crippen LogP contribution in [0.5, 0.6) is 0 Å². The van der Waals surface area contributed by atoms with E-state index in [0.717, 1.165) is 24.2 Å². The van der Waals surface area contributed by atoms with Crippen molar-refractivity contribution in [2.24, 2.45) is 11.7 Å². The van der Waals surface area contributed by atoms with E-state index in [4.69, 9.17) is 5.73 Å². The van der Waals surface area contributed by atoms with Crippen molar-refractivity contribution >= 4 is 16.6 Å². The van der Waals surface area contributed by atoms with Crippen LogP contribution in [0.1, 0.15) is 31.4 Å². The third-order valence-corrected chi connectivity index (χ3v) is 4.25. The summed E-state index contributed by atoms with van der Waals surface area (Å²) in [7, 11) is 0. The number of anilines is 1. The summed E-state index contributed by atoms with van der Waals surface area (Å²) in [5.74, 6) is 0.700. The molecule has 1 saturated carbocycles. The van der Waals surface area contributed by atoms with Gasteiger partial charge in [0.1, 0.15) is 0 Å². The van der Waals surface area contributed by atoms with Gasteiger partial charge in [-0.25, -0.2) is 0 Å². The second-order valence-corrected chi connectivity index (χ2v) is 6.00. The van der Waals surface area contributed by atoms with Crippen molar-refractivity contribution in [1.82, 2.24) is 4.98 Å². The molecule has 0 amide bonds. The Bertz CT molecular complexity index is 594. The third kappa shape index (κ3) is 2.93. The third-order valence-electron chi connectivity index (χ3n) is 4.25. The Morgan fingerprint density at radius 3 is 3.00 bits per heavy atom. The molecule has 3 heteroatoms. The first-order chi connectivity index (χ1) is 9.72. The van der Waals surface area contributed by atoms with Gasteiger partial charge in [0.25, 0.3) is 0 Å². The molecule has 0 bridgehead atoms. The fourth-order valence-electron chi connectivity index (χ4n) is 3.23. The molecule has 0 saturated heterocycles. The van der Waals surface area contributed by atoms with Crippen molar-refractivity contribution in [3.8, 4) is 0 Å². The van der Waals surface area contributed by atoms with E-state index in [-0.39, 0.29) is 0 Å². The van der Waals surface area contributed by atoms with Crippen molar-refractivity contribution in [2.45, 2.75) is 38.6 Å². The average Bonchev–Trinajstić information content (AvgIpc) is 2.44. The van der Waals surface area contributed by atoms with E-state index in [9.17, 15) is 0 Å². The van der Waals surface area contributed by atoms with Gasteiger partial charge < -0.3 is 11.1 Å². The highest BCUT2D eigenvalue weighted by atomic mass is 14.9. The molecular formula is C17H23N3. The van der Waals surface area contributed by atoms with Gasteiger partial charge >= 0.3 is 0 Å². The summed E-state index contributed by atoms with van der Waals surface area (Å²) in [5, 5.41) is 4.83. The number of benzene rings is 1. The summed E-state index contributed by atoms with van der Waals surface area (Å²) in [5.41, 5.74) is 9.40.